The molecule has 0 fully saturated rings. The fourth-order valence-corrected chi connectivity index (χ4v) is 2.29. The monoisotopic (exact) mass is 254 g/mol. The number of nitrogens with one attached hydrogen (secondary N) is 1. The first-order chi connectivity index (χ1) is 8.11. The number of hydrogen-bond donors (Lipinski definition) is 2. The molecule has 2 rings (SSSR count). The van der Waals surface area contributed by atoms with Gasteiger partial charge in [0.25, 0.3) is 0 Å². The Bertz CT molecular complexity index is 592. The van der Waals surface area contributed by atoms with Crippen LogP contribution in [0.15, 0.2) is 33.0 Å². The third-order valence-electron chi connectivity index (χ3n) is 2.21. The number of nitrogen functional groups attached to an aromatic ring is 1. The van der Waals surface area contributed by atoms with Crippen molar-refractivity contribution in [3.8, 4) is 0 Å². The van der Waals surface area contributed by atoms with Crippen LogP contribution < -0.4 is 11.4 Å². The van der Waals surface area contributed by atoms with Crippen LogP contribution in [0.1, 0.15) is 6.92 Å². The molecule has 7 heteroatoms. The zero-order chi connectivity index (χ0) is 12.4. The van der Waals surface area contributed by atoms with E-state index in [1.807, 2.05) is 6.92 Å². The molecule has 2 aromatic rings. The zero-order valence-electron chi connectivity index (χ0n) is 9.11. The molecule has 0 bridgehead atoms. The van der Waals surface area contributed by atoms with Crippen molar-refractivity contribution in [2.45, 2.75) is 23.5 Å². The van der Waals surface area contributed by atoms with Crippen molar-refractivity contribution in [1.82, 2.24) is 14.8 Å². The smallest absolute Gasteiger partial charge is 0.343 e. The maximum atomic E-state index is 12.9. The van der Waals surface area contributed by atoms with Gasteiger partial charge in [0.2, 0.25) is 0 Å². The summed E-state index contributed by atoms with van der Waals surface area (Å²) in [5.41, 5.74) is 5.74. The Morgan fingerprint density at radius 2 is 2.35 bits per heavy atom. The molecule has 90 valence electrons. The molecule has 0 saturated heterocycles. The average Bonchev–Trinajstić information content (AvgIpc) is 2.63. The van der Waals surface area contributed by atoms with Crippen LogP contribution in [-0.2, 0) is 6.54 Å². The van der Waals surface area contributed by atoms with Crippen molar-refractivity contribution in [2.75, 3.05) is 5.73 Å². The van der Waals surface area contributed by atoms with Gasteiger partial charge in [0, 0.05) is 17.1 Å². The highest BCUT2D eigenvalue weighted by Gasteiger charge is 2.10. The summed E-state index contributed by atoms with van der Waals surface area (Å²) in [6, 6.07) is 4.12. The number of benzene rings is 1. The number of halogens is 1. The number of nitrogens with two attached hydrogens (primary N) is 1. The van der Waals surface area contributed by atoms with Crippen LogP contribution in [0.25, 0.3) is 0 Å². The molecule has 0 atom stereocenters. The highest BCUT2D eigenvalue weighted by atomic mass is 32.2. The van der Waals surface area contributed by atoms with Crippen molar-refractivity contribution >= 4 is 17.4 Å². The standard InChI is InChI=1S/C10H11FN4OS/c1-2-15-9(16)13-14-10(15)17-8-4-3-6(11)5-7(8)12/h3-5H,2,12H2,1H3,(H,13,16). The highest BCUT2D eigenvalue weighted by Crippen LogP contribution is 2.30. The molecule has 5 nitrogen and oxygen atoms in total. The predicted octanol–water partition coefficient (Wildman–Crippen LogP) is 1.46. The summed E-state index contributed by atoms with van der Waals surface area (Å²) in [4.78, 5) is 12.0. The van der Waals surface area contributed by atoms with Crippen molar-refractivity contribution in [3.63, 3.8) is 0 Å². The van der Waals surface area contributed by atoms with E-state index in [-0.39, 0.29) is 11.5 Å². The van der Waals surface area contributed by atoms with Crippen molar-refractivity contribution < 1.29 is 4.39 Å². The summed E-state index contributed by atoms with van der Waals surface area (Å²) in [6.45, 7) is 2.35. The lowest BCUT2D eigenvalue weighted by Gasteiger charge is -2.05. The van der Waals surface area contributed by atoms with Crippen molar-refractivity contribution in [1.29, 1.82) is 0 Å². The van der Waals surface area contributed by atoms with Crippen LogP contribution in [0.2, 0.25) is 0 Å². The summed E-state index contributed by atoms with van der Waals surface area (Å²) < 4.78 is 14.3. The lowest BCUT2D eigenvalue weighted by molar-refractivity contribution is 0.627. The van der Waals surface area contributed by atoms with E-state index in [4.69, 9.17) is 5.73 Å². The van der Waals surface area contributed by atoms with Gasteiger partial charge in [-0.2, -0.15) is 0 Å². The number of H-pyrrole nitrogens is 1. The molecule has 0 saturated carbocycles. The van der Waals surface area contributed by atoms with Crippen LogP contribution in [0, 0.1) is 5.82 Å². The van der Waals surface area contributed by atoms with Gasteiger partial charge in [0.15, 0.2) is 5.16 Å². The van der Waals surface area contributed by atoms with Crippen LogP contribution in [-0.4, -0.2) is 14.8 Å². The van der Waals surface area contributed by atoms with Crippen LogP contribution in [0.5, 0.6) is 0 Å². The molecule has 0 amide bonds. The molecule has 3 N–H and O–H groups in total. The summed E-state index contributed by atoms with van der Waals surface area (Å²) in [7, 11) is 0. The Hall–Kier alpha value is -1.76. The van der Waals surface area contributed by atoms with Gasteiger partial charge in [-0.3, -0.25) is 4.57 Å². The first-order valence-electron chi connectivity index (χ1n) is 5.00. The van der Waals surface area contributed by atoms with E-state index in [9.17, 15) is 9.18 Å². The summed E-state index contributed by atoms with van der Waals surface area (Å²) >= 11 is 1.22. The van der Waals surface area contributed by atoms with E-state index in [0.29, 0.717) is 22.3 Å². The largest absolute Gasteiger partial charge is 0.398 e. The number of anilines is 1. The molecule has 0 aliphatic carbocycles. The van der Waals surface area contributed by atoms with Crippen LogP contribution >= 0.6 is 11.8 Å². The minimum absolute atomic E-state index is 0.268. The Balaban J connectivity index is 2.34. The van der Waals surface area contributed by atoms with Crippen LogP contribution in [0.4, 0.5) is 10.1 Å². The maximum absolute atomic E-state index is 12.9. The Morgan fingerprint density at radius 1 is 1.59 bits per heavy atom. The van der Waals surface area contributed by atoms with E-state index in [1.54, 1.807) is 6.07 Å². The van der Waals surface area contributed by atoms with Crippen molar-refractivity contribution in [2.24, 2.45) is 0 Å². The van der Waals surface area contributed by atoms with Gasteiger partial charge in [0.05, 0.1) is 0 Å². The van der Waals surface area contributed by atoms with E-state index < -0.39 is 0 Å². The molecular weight excluding hydrogens is 243 g/mol. The van der Waals surface area contributed by atoms with Gasteiger partial charge >= 0.3 is 5.69 Å². The summed E-state index contributed by atoms with van der Waals surface area (Å²) in [6.07, 6.45) is 0. The van der Waals surface area contributed by atoms with Gasteiger partial charge in [0.1, 0.15) is 5.82 Å². The third kappa shape index (κ3) is 2.33. The lowest BCUT2D eigenvalue weighted by atomic mass is 10.3. The SMILES string of the molecule is CCn1c(Sc2ccc(F)cc2N)n[nH]c1=O. The number of rotatable bonds is 3. The molecule has 1 heterocycles. The number of aromatic amines is 1. The minimum atomic E-state index is -0.387. The Labute approximate surface area is 101 Å². The van der Waals surface area contributed by atoms with Gasteiger partial charge in [-0.1, -0.05) is 0 Å². The molecule has 0 aliphatic heterocycles. The first kappa shape index (κ1) is 11.7. The molecule has 0 aliphatic rings. The molecule has 17 heavy (non-hydrogen) atoms. The second-order valence-electron chi connectivity index (χ2n) is 3.34. The van der Waals surface area contributed by atoms with Crippen molar-refractivity contribution in [3.05, 3.63) is 34.5 Å². The number of aromatic nitrogens is 3. The predicted molar refractivity (Wildman–Crippen MR) is 63.5 cm³/mol. The van der Waals surface area contributed by atoms with E-state index in [1.165, 1.54) is 28.5 Å². The van der Waals surface area contributed by atoms with Crippen LogP contribution in [0.3, 0.4) is 0 Å². The number of hydrogen-bond acceptors (Lipinski definition) is 4. The molecule has 1 aromatic heterocycles. The maximum Gasteiger partial charge on any atom is 0.343 e. The Kier molecular flexibility index (Phi) is 3.19. The normalized spacial score (nSPS) is 10.7. The van der Waals surface area contributed by atoms with Gasteiger partial charge in [-0.05, 0) is 36.9 Å². The third-order valence-corrected chi connectivity index (χ3v) is 3.30. The topological polar surface area (TPSA) is 76.7 Å². The second kappa shape index (κ2) is 4.62. The molecule has 0 radical (unpaired) electrons. The zero-order valence-corrected chi connectivity index (χ0v) is 9.92. The quantitative estimate of drug-likeness (QED) is 0.813. The first-order valence-corrected chi connectivity index (χ1v) is 5.81. The van der Waals surface area contributed by atoms with Gasteiger partial charge in [-0.15, -0.1) is 5.10 Å². The summed E-state index contributed by atoms with van der Waals surface area (Å²) in [5.74, 6) is -0.387. The van der Waals surface area contributed by atoms with E-state index in [0.717, 1.165) is 0 Å². The second-order valence-corrected chi connectivity index (χ2v) is 4.35. The fourth-order valence-electron chi connectivity index (χ4n) is 1.37. The molecule has 1 aromatic carbocycles. The minimum Gasteiger partial charge on any atom is -0.398 e. The summed E-state index contributed by atoms with van der Waals surface area (Å²) in [5, 5.41) is 6.76. The fraction of sp³-hybridized carbons (Fsp3) is 0.200. The van der Waals surface area contributed by atoms with E-state index >= 15 is 0 Å². The average molecular weight is 254 g/mol. The number of nitrogens with zero attached hydrogens (tertiary/aromatic N) is 2. The Morgan fingerprint density at radius 3 is 3.00 bits per heavy atom. The lowest BCUT2D eigenvalue weighted by Crippen LogP contribution is -2.16. The molecule has 0 spiro atoms. The highest BCUT2D eigenvalue weighted by molar-refractivity contribution is 7.99. The van der Waals surface area contributed by atoms with E-state index in [2.05, 4.69) is 10.2 Å². The molecule has 0 unspecified atom stereocenters. The van der Waals surface area contributed by atoms with Gasteiger partial charge < -0.3 is 5.73 Å². The molecular formula is C10H11FN4OS. The van der Waals surface area contributed by atoms with Gasteiger partial charge in [-0.25, -0.2) is 14.3 Å².